The van der Waals surface area contributed by atoms with Gasteiger partial charge in [0.15, 0.2) is 11.5 Å². The summed E-state index contributed by atoms with van der Waals surface area (Å²) in [5, 5.41) is 11.2. The molecule has 0 bridgehead atoms. The quantitative estimate of drug-likeness (QED) is 0.447. The molecule has 0 atom stereocenters. The number of nitrogens with zero attached hydrogens (tertiary/aromatic N) is 3. The van der Waals surface area contributed by atoms with Gasteiger partial charge in [-0.15, -0.1) is 0 Å². The Morgan fingerprint density at radius 3 is 2.47 bits per heavy atom. The second-order valence-electron chi connectivity index (χ2n) is 7.91. The summed E-state index contributed by atoms with van der Waals surface area (Å²) in [5.41, 5.74) is 5.22. The van der Waals surface area contributed by atoms with E-state index in [1.54, 1.807) is 17.7 Å². The van der Waals surface area contributed by atoms with Gasteiger partial charge in [0, 0.05) is 12.3 Å². The van der Waals surface area contributed by atoms with Crippen molar-refractivity contribution in [3.05, 3.63) is 94.0 Å². The molecule has 1 amide bonds. The molecule has 0 unspecified atom stereocenters. The molecule has 32 heavy (non-hydrogen) atoms. The maximum Gasteiger partial charge on any atom is 0.279 e. The summed E-state index contributed by atoms with van der Waals surface area (Å²) >= 11 is 0. The highest BCUT2D eigenvalue weighted by atomic mass is 16.5. The Labute approximate surface area is 187 Å². The number of hydrogen-bond acceptors (Lipinski definition) is 5. The molecule has 0 spiro atoms. The normalized spacial score (nSPS) is 10.9. The molecular weight excluding hydrogens is 404 g/mol. The first-order valence-electron chi connectivity index (χ1n) is 10.4. The zero-order valence-electron chi connectivity index (χ0n) is 18.7. The van der Waals surface area contributed by atoms with Crippen LogP contribution < -0.4 is 10.1 Å². The number of hydrogen-bond donors (Lipinski definition) is 1. The van der Waals surface area contributed by atoms with Crippen molar-refractivity contribution >= 4 is 11.7 Å². The smallest absolute Gasteiger partial charge is 0.279 e. The summed E-state index contributed by atoms with van der Waals surface area (Å²) in [5.74, 6) is 1.41. The Kier molecular flexibility index (Phi) is 6.07. The molecule has 2 heterocycles. The van der Waals surface area contributed by atoms with Gasteiger partial charge >= 0.3 is 0 Å². The van der Waals surface area contributed by atoms with Gasteiger partial charge in [-0.1, -0.05) is 53.2 Å². The fourth-order valence-corrected chi connectivity index (χ4v) is 3.48. The van der Waals surface area contributed by atoms with Crippen LogP contribution in [0.5, 0.6) is 5.75 Å². The number of rotatable bonds is 7. The predicted octanol–water partition coefficient (Wildman–Crippen LogP) is 4.98. The molecule has 7 nitrogen and oxygen atoms in total. The molecule has 4 rings (SSSR count). The highest BCUT2D eigenvalue weighted by molar-refractivity contribution is 6.03. The van der Waals surface area contributed by atoms with Gasteiger partial charge in [-0.3, -0.25) is 9.48 Å². The standard InChI is InChI=1S/C25H26N4O3/c1-16-8-10-20(11-9-16)14-29-13-12-22(27-29)26-25(30)23-21(19(4)32-28-23)15-31-24-17(2)6-5-7-18(24)3/h5-13H,14-15H2,1-4H3,(H,26,27,30). The molecule has 0 radical (unpaired) electrons. The number of anilines is 1. The van der Waals surface area contributed by atoms with E-state index < -0.39 is 0 Å². The van der Waals surface area contributed by atoms with E-state index in [0.717, 1.165) is 22.4 Å². The molecule has 0 aliphatic heterocycles. The van der Waals surface area contributed by atoms with E-state index in [4.69, 9.17) is 9.26 Å². The zero-order chi connectivity index (χ0) is 22.7. The minimum absolute atomic E-state index is 0.186. The van der Waals surface area contributed by atoms with Crippen LogP contribution in [-0.2, 0) is 13.2 Å². The van der Waals surface area contributed by atoms with Crippen LogP contribution in [-0.4, -0.2) is 20.8 Å². The Morgan fingerprint density at radius 1 is 1.03 bits per heavy atom. The first kappa shape index (κ1) is 21.4. The van der Waals surface area contributed by atoms with E-state index in [1.165, 1.54) is 5.56 Å². The van der Waals surface area contributed by atoms with Crippen molar-refractivity contribution in [2.75, 3.05) is 5.32 Å². The summed E-state index contributed by atoms with van der Waals surface area (Å²) in [4.78, 5) is 12.9. The molecule has 0 aliphatic rings. The van der Waals surface area contributed by atoms with Gasteiger partial charge in [0.05, 0.1) is 12.1 Å². The highest BCUT2D eigenvalue weighted by Crippen LogP contribution is 2.25. The third kappa shape index (κ3) is 4.72. The summed E-state index contributed by atoms with van der Waals surface area (Å²) in [6.45, 7) is 8.61. The fourth-order valence-electron chi connectivity index (χ4n) is 3.48. The monoisotopic (exact) mass is 430 g/mol. The molecule has 1 N–H and O–H groups in total. The van der Waals surface area contributed by atoms with Crippen LogP contribution in [0.1, 0.15) is 44.1 Å². The zero-order valence-corrected chi connectivity index (χ0v) is 18.7. The van der Waals surface area contributed by atoms with Gasteiger partial charge in [-0.25, -0.2) is 0 Å². The van der Waals surface area contributed by atoms with Crippen molar-refractivity contribution in [3.8, 4) is 5.75 Å². The van der Waals surface area contributed by atoms with Crippen molar-refractivity contribution in [1.29, 1.82) is 0 Å². The van der Waals surface area contributed by atoms with E-state index in [9.17, 15) is 4.79 Å². The summed E-state index contributed by atoms with van der Waals surface area (Å²) in [7, 11) is 0. The molecule has 0 fully saturated rings. The van der Waals surface area contributed by atoms with Gasteiger partial charge < -0.3 is 14.6 Å². The maximum absolute atomic E-state index is 12.9. The van der Waals surface area contributed by atoms with Crippen LogP contribution in [0.3, 0.4) is 0 Å². The molecular formula is C25H26N4O3. The number of carbonyl (C=O) groups excluding carboxylic acids is 1. The lowest BCUT2D eigenvalue weighted by molar-refractivity contribution is 0.101. The second-order valence-corrected chi connectivity index (χ2v) is 7.91. The first-order chi connectivity index (χ1) is 15.4. The predicted molar refractivity (Wildman–Crippen MR) is 122 cm³/mol. The molecule has 2 aromatic heterocycles. The highest BCUT2D eigenvalue weighted by Gasteiger charge is 2.21. The Morgan fingerprint density at radius 2 is 1.75 bits per heavy atom. The molecule has 4 aromatic rings. The largest absolute Gasteiger partial charge is 0.488 e. The van der Waals surface area contributed by atoms with Crippen molar-refractivity contribution in [1.82, 2.24) is 14.9 Å². The number of aromatic nitrogens is 3. The SMILES string of the molecule is Cc1ccc(Cn2ccc(NC(=O)c3noc(C)c3COc3c(C)cccc3C)n2)cc1. The lowest BCUT2D eigenvalue weighted by atomic mass is 10.1. The average Bonchev–Trinajstić information content (AvgIpc) is 3.35. The summed E-state index contributed by atoms with van der Waals surface area (Å²) in [6.07, 6.45) is 1.83. The van der Waals surface area contributed by atoms with Crippen molar-refractivity contribution in [2.45, 2.75) is 40.8 Å². The van der Waals surface area contributed by atoms with Crippen molar-refractivity contribution in [3.63, 3.8) is 0 Å². The van der Waals surface area contributed by atoms with Gasteiger partial charge in [0.25, 0.3) is 5.91 Å². The molecule has 7 heteroatoms. The molecule has 164 valence electrons. The first-order valence-corrected chi connectivity index (χ1v) is 10.4. The maximum atomic E-state index is 12.9. The minimum Gasteiger partial charge on any atom is -0.488 e. The lowest BCUT2D eigenvalue weighted by Gasteiger charge is -2.12. The van der Waals surface area contributed by atoms with Crippen molar-refractivity contribution in [2.24, 2.45) is 0 Å². The number of aryl methyl sites for hydroxylation is 4. The number of amides is 1. The van der Waals surface area contributed by atoms with E-state index in [-0.39, 0.29) is 18.2 Å². The van der Waals surface area contributed by atoms with Gasteiger partial charge in [-0.05, 0) is 44.4 Å². The van der Waals surface area contributed by atoms with Crippen LogP contribution in [0.2, 0.25) is 0 Å². The van der Waals surface area contributed by atoms with E-state index in [2.05, 4.69) is 46.8 Å². The van der Waals surface area contributed by atoms with Crippen LogP contribution in [0.4, 0.5) is 5.82 Å². The average molecular weight is 431 g/mol. The third-order valence-electron chi connectivity index (χ3n) is 5.32. The third-order valence-corrected chi connectivity index (χ3v) is 5.32. The summed E-state index contributed by atoms with van der Waals surface area (Å²) < 4.78 is 13.1. The van der Waals surface area contributed by atoms with Crippen LogP contribution in [0.15, 0.2) is 59.3 Å². The van der Waals surface area contributed by atoms with E-state index in [0.29, 0.717) is 23.7 Å². The molecule has 2 aromatic carbocycles. The Hall–Kier alpha value is -3.87. The Bertz CT molecular complexity index is 1220. The minimum atomic E-state index is -0.387. The number of ether oxygens (including phenoxy) is 1. The van der Waals surface area contributed by atoms with Gasteiger partial charge in [-0.2, -0.15) is 5.10 Å². The van der Waals surface area contributed by atoms with Crippen LogP contribution >= 0.6 is 0 Å². The van der Waals surface area contributed by atoms with E-state index in [1.807, 2.05) is 38.2 Å². The van der Waals surface area contributed by atoms with Gasteiger partial charge in [0.1, 0.15) is 18.1 Å². The van der Waals surface area contributed by atoms with Crippen LogP contribution in [0, 0.1) is 27.7 Å². The number of benzene rings is 2. The second kappa shape index (κ2) is 9.09. The number of para-hydroxylation sites is 1. The molecule has 0 saturated heterocycles. The van der Waals surface area contributed by atoms with Gasteiger partial charge in [0.2, 0.25) is 0 Å². The Balaban J connectivity index is 1.44. The van der Waals surface area contributed by atoms with Crippen molar-refractivity contribution < 1.29 is 14.1 Å². The number of carbonyl (C=O) groups is 1. The lowest BCUT2D eigenvalue weighted by Crippen LogP contribution is -2.16. The molecule has 0 aliphatic carbocycles. The fraction of sp³-hybridized carbons (Fsp3) is 0.240. The number of nitrogens with one attached hydrogen (secondary N) is 1. The summed E-state index contributed by atoms with van der Waals surface area (Å²) in [6, 6.07) is 16.0. The topological polar surface area (TPSA) is 82.2 Å². The van der Waals surface area contributed by atoms with E-state index >= 15 is 0 Å². The molecule has 0 saturated carbocycles. The van der Waals surface area contributed by atoms with Crippen LogP contribution in [0.25, 0.3) is 0 Å².